The van der Waals surface area contributed by atoms with Crippen molar-refractivity contribution in [3.63, 3.8) is 0 Å². The summed E-state index contributed by atoms with van der Waals surface area (Å²) in [6, 6.07) is 16.3. The van der Waals surface area contributed by atoms with E-state index in [1.165, 1.54) is 6.08 Å². The first kappa shape index (κ1) is 18.2. The number of halogens is 1. The average Bonchev–Trinajstić information content (AvgIpc) is 3.20. The van der Waals surface area contributed by atoms with E-state index in [1.54, 1.807) is 35.2 Å². The lowest BCUT2D eigenvalue weighted by Crippen LogP contribution is -2.34. The Morgan fingerprint density at radius 2 is 1.65 bits per heavy atom. The minimum Gasteiger partial charge on any atom is -0.444 e. The summed E-state index contributed by atoms with van der Waals surface area (Å²) in [7, 11) is 0. The molecular weight excluding hydrogens is 350 g/mol. The molecule has 26 heavy (non-hydrogen) atoms. The predicted octanol–water partition coefficient (Wildman–Crippen LogP) is 4.26. The number of esters is 1. The zero-order chi connectivity index (χ0) is 18.4. The molecule has 2 aromatic carbocycles. The number of benzene rings is 2. The molecule has 0 radical (unpaired) electrons. The van der Waals surface area contributed by atoms with Crippen molar-refractivity contribution in [1.29, 1.82) is 0 Å². The number of carbonyl (C=O) groups excluding carboxylic acids is 2. The van der Waals surface area contributed by atoms with E-state index in [-0.39, 0.29) is 5.91 Å². The van der Waals surface area contributed by atoms with Crippen molar-refractivity contribution in [2.75, 3.05) is 13.1 Å². The molecule has 1 fully saturated rings. The van der Waals surface area contributed by atoms with E-state index in [2.05, 4.69) is 0 Å². The Hall–Kier alpha value is -2.59. The van der Waals surface area contributed by atoms with Gasteiger partial charge in [-0.25, -0.2) is 4.79 Å². The summed E-state index contributed by atoms with van der Waals surface area (Å²) in [4.78, 5) is 26.9. The summed E-state index contributed by atoms with van der Waals surface area (Å²) in [5.41, 5.74) is 1.39. The molecular formula is C21H20ClNO3. The van der Waals surface area contributed by atoms with Crippen LogP contribution in [-0.2, 0) is 14.3 Å². The zero-order valence-electron chi connectivity index (χ0n) is 14.3. The SMILES string of the molecule is O=C(/C=C/c1ccccc1Cl)O[C@@H](C(=O)N1CCCC1)c1ccccc1. The van der Waals surface area contributed by atoms with E-state index in [0.717, 1.165) is 12.8 Å². The number of carbonyl (C=O) groups is 2. The quantitative estimate of drug-likeness (QED) is 0.584. The molecule has 1 saturated heterocycles. The first-order valence-corrected chi connectivity index (χ1v) is 9.00. The lowest BCUT2D eigenvalue weighted by Gasteiger charge is -2.23. The number of likely N-dealkylation sites (tertiary alicyclic amines) is 1. The third-order valence-corrected chi connectivity index (χ3v) is 4.63. The third kappa shape index (κ3) is 4.52. The van der Waals surface area contributed by atoms with Crippen LogP contribution in [0.2, 0.25) is 5.02 Å². The molecule has 1 aliphatic heterocycles. The molecule has 134 valence electrons. The van der Waals surface area contributed by atoms with Crippen LogP contribution in [0.25, 0.3) is 6.08 Å². The van der Waals surface area contributed by atoms with Crippen LogP contribution >= 0.6 is 11.6 Å². The van der Waals surface area contributed by atoms with Crippen LogP contribution in [0.15, 0.2) is 60.7 Å². The van der Waals surface area contributed by atoms with Gasteiger partial charge in [-0.1, -0.05) is 60.1 Å². The van der Waals surface area contributed by atoms with Gasteiger partial charge in [0.15, 0.2) is 0 Å². The van der Waals surface area contributed by atoms with Crippen molar-refractivity contribution in [1.82, 2.24) is 4.90 Å². The van der Waals surface area contributed by atoms with Gasteiger partial charge in [-0.15, -0.1) is 0 Å². The van der Waals surface area contributed by atoms with Crippen molar-refractivity contribution < 1.29 is 14.3 Å². The number of nitrogens with zero attached hydrogens (tertiary/aromatic N) is 1. The fourth-order valence-corrected chi connectivity index (χ4v) is 3.11. The number of rotatable bonds is 5. The molecule has 0 bridgehead atoms. The van der Waals surface area contributed by atoms with Gasteiger partial charge >= 0.3 is 5.97 Å². The maximum absolute atomic E-state index is 12.8. The molecule has 1 atom stereocenters. The topological polar surface area (TPSA) is 46.6 Å². The summed E-state index contributed by atoms with van der Waals surface area (Å²) in [5, 5.41) is 0.546. The lowest BCUT2D eigenvalue weighted by molar-refractivity contribution is -0.156. The van der Waals surface area contributed by atoms with Crippen molar-refractivity contribution in [2.45, 2.75) is 18.9 Å². The molecule has 1 aliphatic rings. The number of hydrogen-bond acceptors (Lipinski definition) is 3. The highest BCUT2D eigenvalue weighted by Crippen LogP contribution is 2.23. The average molecular weight is 370 g/mol. The van der Waals surface area contributed by atoms with E-state index >= 15 is 0 Å². The zero-order valence-corrected chi connectivity index (χ0v) is 15.1. The van der Waals surface area contributed by atoms with Gasteiger partial charge in [0.25, 0.3) is 5.91 Å². The summed E-state index contributed by atoms with van der Waals surface area (Å²) >= 11 is 6.08. The Morgan fingerprint density at radius 3 is 2.35 bits per heavy atom. The monoisotopic (exact) mass is 369 g/mol. The molecule has 5 heteroatoms. The van der Waals surface area contributed by atoms with Gasteiger partial charge in [0.05, 0.1) is 0 Å². The number of amides is 1. The van der Waals surface area contributed by atoms with E-state index in [9.17, 15) is 9.59 Å². The molecule has 1 amide bonds. The predicted molar refractivity (Wildman–Crippen MR) is 102 cm³/mol. The second-order valence-electron chi connectivity index (χ2n) is 6.11. The van der Waals surface area contributed by atoms with E-state index < -0.39 is 12.1 Å². The first-order chi connectivity index (χ1) is 12.6. The summed E-state index contributed by atoms with van der Waals surface area (Å²) < 4.78 is 5.51. The Balaban J connectivity index is 1.76. The van der Waals surface area contributed by atoms with Crippen LogP contribution < -0.4 is 0 Å². The molecule has 0 spiro atoms. The van der Waals surface area contributed by atoms with Crippen LogP contribution in [-0.4, -0.2) is 29.9 Å². The fourth-order valence-electron chi connectivity index (χ4n) is 2.92. The summed E-state index contributed by atoms with van der Waals surface area (Å²) in [6.07, 6.45) is 3.92. The van der Waals surface area contributed by atoms with Gasteiger partial charge in [0.2, 0.25) is 6.10 Å². The minimum atomic E-state index is -0.933. The summed E-state index contributed by atoms with van der Waals surface area (Å²) in [6.45, 7) is 1.41. The van der Waals surface area contributed by atoms with Gasteiger partial charge in [0.1, 0.15) is 0 Å². The van der Waals surface area contributed by atoms with Crippen molar-refractivity contribution in [2.24, 2.45) is 0 Å². The summed E-state index contributed by atoms with van der Waals surface area (Å²) in [5.74, 6) is -0.750. The maximum atomic E-state index is 12.8. The normalized spacial score (nSPS) is 15.2. The molecule has 3 rings (SSSR count). The smallest absolute Gasteiger partial charge is 0.331 e. The second-order valence-corrected chi connectivity index (χ2v) is 6.52. The molecule has 0 unspecified atom stereocenters. The Morgan fingerprint density at radius 1 is 1.00 bits per heavy atom. The standard InChI is InChI=1S/C21H20ClNO3/c22-18-11-5-4-8-16(18)12-13-19(24)26-20(17-9-2-1-3-10-17)21(25)23-14-6-7-15-23/h1-5,8-13,20H,6-7,14-15H2/b13-12+/t20-/m1/s1. The Labute approximate surface area is 158 Å². The highest BCUT2D eigenvalue weighted by atomic mass is 35.5. The van der Waals surface area contributed by atoms with E-state index in [1.807, 2.05) is 30.3 Å². The van der Waals surface area contributed by atoms with Crippen molar-refractivity contribution in [3.05, 3.63) is 76.8 Å². The molecule has 0 N–H and O–H groups in total. The van der Waals surface area contributed by atoms with E-state index in [4.69, 9.17) is 16.3 Å². The largest absolute Gasteiger partial charge is 0.444 e. The molecule has 0 aromatic heterocycles. The lowest BCUT2D eigenvalue weighted by atomic mass is 10.1. The van der Waals surface area contributed by atoms with Crippen molar-refractivity contribution >= 4 is 29.6 Å². The first-order valence-electron chi connectivity index (χ1n) is 8.62. The van der Waals surface area contributed by atoms with Crippen molar-refractivity contribution in [3.8, 4) is 0 Å². The van der Waals surface area contributed by atoms with Gasteiger partial charge in [0, 0.05) is 29.8 Å². The molecule has 4 nitrogen and oxygen atoms in total. The van der Waals surface area contributed by atoms with Crippen LogP contribution in [0.3, 0.4) is 0 Å². The molecule has 2 aromatic rings. The Kier molecular flexibility index (Phi) is 6.08. The third-order valence-electron chi connectivity index (χ3n) is 4.28. The molecule has 0 aliphatic carbocycles. The van der Waals surface area contributed by atoms with E-state index in [0.29, 0.717) is 29.2 Å². The second kappa shape index (κ2) is 8.68. The van der Waals surface area contributed by atoms with Crippen LogP contribution in [0, 0.1) is 0 Å². The highest BCUT2D eigenvalue weighted by Gasteiger charge is 2.30. The molecule has 0 saturated carbocycles. The van der Waals surface area contributed by atoms with Gasteiger partial charge < -0.3 is 9.64 Å². The Bertz CT molecular complexity index is 798. The number of hydrogen-bond donors (Lipinski definition) is 0. The van der Waals surface area contributed by atoms with Crippen LogP contribution in [0.4, 0.5) is 0 Å². The fraction of sp³-hybridized carbons (Fsp3) is 0.238. The minimum absolute atomic E-state index is 0.173. The highest BCUT2D eigenvalue weighted by molar-refractivity contribution is 6.32. The van der Waals surface area contributed by atoms with Crippen LogP contribution in [0.1, 0.15) is 30.1 Å². The molecule has 1 heterocycles. The van der Waals surface area contributed by atoms with Gasteiger partial charge in [-0.05, 0) is 30.5 Å². The van der Waals surface area contributed by atoms with Crippen LogP contribution in [0.5, 0.6) is 0 Å². The number of ether oxygens (including phenoxy) is 1. The maximum Gasteiger partial charge on any atom is 0.331 e. The van der Waals surface area contributed by atoms with Gasteiger partial charge in [-0.3, -0.25) is 4.79 Å². The van der Waals surface area contributed by atoms with Gasteiger partial charge in [-0.2, -0.15) is 0 Å².